The number of anilines is 1. The molecule has 0 aliphatic carbocycles. The van der Waals surface area contributed by atoms with Crippen molar-refractivity contribution in [3.8, 4) is 5.75 Å². The Morgan fingerprint density at radius 2 is 1.88 bits per heavy atom. The summed E-state index contributed by atoms with van der Waals surface area (Å²) in [5, 5.41) is 3.04. The van der Waals surface area contributed by atoms with E-state index in [0.29, 0.717) is 22.3 Å². The van der Waals surface area contributed by atoms with Gasteiger partial charge in [-0.3, -0.25) is 4.79 Å². The zero-order valence-corrected chi connectivity index (χ0v) is 13.9. The van der Waals surface area contributed by atoms with Crippen LogP contribution in [0.2, 0.25) is 0 Å². The number of amides is 1. The van der Waals surface area contributed by atoms with Crippen LogP contribution >= 0.6 is 0 Å². The molecule has 3 aromatic rings. The fraction of sp³-hybridized carbons (Fsp3) is 0.167. The number of pyridine rings is 2. The third-order valence-corrected chi connectivity index (χ3v) is 3.74. The summed E-state index contributed by atoms with van der Waals surface area (Å²) in [4.78, 5) is 19.9. The molecule has 5 nitrogen and oxygen atoms in total. The van der Waals surface area contributed by atoms with Crippen LogP contribution in [0.1, 0.15) is 21.6 Å². The fourth-order valence-corrected chi connectivity index (χ4v) is 2.44. The highest BCUT2D eigenvalue weighted by Crippen LogP contribution is 2.30. The molecule has 0 saturated heterocycles. The third-order valence-electron chi connectivity index (χ3n) is 3.74. The standard InChI is InChI=1S/C18H14F3N3O2/c1-10-8-14(18(19,20)21)22-16-13(10)6-7-15(23-16)24-17(25)11-4-3-5-12(9-11)26-2/h3-9H,1-2H3,(H,22,23,24,25). The van der Waals surface area contributed by atoms with E-state index in [2.05, 4.69) is 15.3 Å². The maximum atomic E-state index is 12.9. The first-order valence-electron chi connectivity index (χ1n) is 7.59. The first-order chi connectivity index (χ1) is 12.3. The Labute approximate surface area is 146 Å². The summed E-state index contributed by atoms with van der Waals surface area (Å²) >= 11 is 0. The summed E-state index contributed by atoms with van der Waals surface area (Å²) in [6, 6.07) is 10.5. The molecule has 134 valence electrons. The normalized spacial score (nSPS) is 11.4. The number of aryl methyl sites for hydroxylation is 1. The molecule has 0 atom stereocenters. The molecule has 0 saturated carbocycles. The zero-order valence-electron chi connectivity index (χ0n) is 13.9. The Morgan fingerprint density at radius 1 is 1.12 bits per heavy atom. The number of alkyl halides is 3. The van der Waals surface area contributed by atoms with Crippen molar-refractivity contribution in [2.24, 2.45) is 0 Å². The Balaban J connectivity index is 1.94. The van der Waals surface area contributed by atoms with E-state index in [1.165, 1.54) is 13.2 Å². The number of carbonyl (C=O) groups is 1. The van der Waals surface area contributed by atoms with Crippen LogP contribution in [0.15, 0.2) is 42.5 Å². The largest absolute Gasteiger partial charge is 0.497 e. The summed E-state index contributed by atoms with van der Waals surface area (Å²) in [5.74, 6) is 0.159. The molecule has 2 aromatic heterocycles. The molecule has 3 rings (SSSR count). The van der Waals surface area contributed by atoms with Crippen molar-refractivity contribution in [2.45, 2.75) is 13.1 Å². The van der Waals surface area contributed by atoms with Gasteiger partial charge < -0.3 is 10.1 Å². The first kappa shape index (κ1) is 17.7. The van der Waals surface area contributed by atoms with Gasteiger partial charge in [-0.25, -0.2) is 9.97 Å². The Bertz CT molecular complexity index is 987. The number of rotatable bonds is 3. The van der Waals surface area contributed by atoms with Gasteiger partial charge in [0.1, 0.15) is 17.3 Å². The lowest BCUT2D eigenvalue weighted by molar-refractivity contribution is -0.141. The van der Waals surface area contributed by atoms with E-state index in [9.17, 15) is 18.0 Å². The number of benzene rings is 1. The van der Waals surface area contributed by atoms with Crippen LogP contribution in [0, 0.1) is 6.92 Å². The summed E-state index contributed by atoms with van der Waals surface area (Å²) < 4.78 is 43.8. The number of aromatic nitrogens is 2. The van der Waals surface area contributed by atoms with Gasteiger partial charge in [0, 0.05) is 10.9 Å². The van der Waals surface area contributed by atoms with Crippen LogP contribution in [0.25, 0.3) is 11.0 Å². The van der Waals surface area contributed by atoms with Crippen molar-refractivity contribution >= 4 is 22.8 Å². The van der Waals surface area contributed by atoms with E-state index < -0.39 is 17.8 Å². The van der Waals surface area contributed by atoms with Crippen molar-refractivity contribution in [1.82, 2.24) is 9.97 Å². The van der Waals surface area contributed by atoms with Crippen LogP contribution < -0.4 is 10.1 Å². The van der Waals surface area contributed by atoms with Gasteiger partial charge in [0.25, 0.3) is 5.91 Å². The van der Waals surface area contributed by atoms with Gasteiger partial charge in [-0.1, -0.05) is 6.07 Å². The molecule has 0 unspecified atom stereocenters. The Morgan fingerprint density at radius 3 is 2.58 bits per heavy atom. The van der Waals surface area contributed by atoms with Crippen molar-refractivity contribution in [3.05, 3.63) is 59.3 Å². The molecular weight excluding hydrogens is 347 g/mol. The highest BCUT2D eigenvalue weighted by atomic mass is 19.4. The fourth-order valence-electron chi connectivity index (χ4n) is 2.44. The quantitative estimate of drug-likeness (QED) is 0.759. The molecule has 26 heavy (non-hydrogen) atoms. The highest BCUT2D eigenvalue weighted by Gasteiger charge is 2.33. The maximum absolute atomic E-state index is 12.9. The maximum Gasteiger partial charge on any atom is 0.433 e. The number of nitrogens with one attached hydrogen (secondary N) is 1. The van der Waals surface area contributed by atoms with Gasteiger partial charge in [-0.2, -0.15) is 13.2 Å². The van der Waals surface area contributed by atoms with Crippen LogP contribution in [0.5, 0.6) is 5.75 Å². The Kier molecular flexibility index (Phi) is 4.50. The number of nitrogens with zero attached hydrogens (tertiary/aromatic N) is 2. The molecule has 2 heterocycles. The van der Waals surface area contributed by atoms with E-state index in [1.54, 1.807) is 37.3 Å². The summed E-state index contributed by atoms with van der Waals surface area (Å²) in [5.41, 5.74) is -0.369. The minimum absolute atomic E-state index is 0.0826. The zero-order chi connectivity index (χ0) is 18.9. The number of methoxy groups -OCH3 is 1. The van der Waals surface area contributed by atoms with E-state index >= 15 is 0 Å². The number of hydrogen-bond donors (Lipinski definition) is 1. The van der Waals surface area contributed by atoms with Crippen LogP contribution in [-0.4, -0.2) is 23.0 Å². The molecule has 1 aromatic carbocycles. The number of carbonyl (C=O) groups excluding carboxylic acids is 1. The minimum atomic E-state index is -4.57. The van der Waals surface area contributed by atoms with Gasteiger partial charge in [-0.05, 0) is 48.9 Å². The average Bonchev–Trinajstić information content (AvgIpc) is 2.60. The van der Waals surface area contributed by atoms with Crippen molar-refractivity contribution in [3.63, 3.8) is 0 Å². The molecule has 1 N–H and O–H groups in total. The van der Waals surface area contributed by atoms with E-state index in [1.807, 2.05) is 0 Å². The predicted octanol–water partition coefficient (Wildman–Crippen LogP) is 4.22. The Hall–Kier alpha value is -3.16. The average molecular weight is 361 g/mol. The molecular formula is C18H14F3N3O2. The van der Waals surface area contributed by atoms with E-state index in [0.717, 1.165) is 6.07 Å². The number of ether oxygens (including phenoxy) is 1. The second-order valence-corrected chi connectivity index (χ2v) is 5.58. The first-order valence-corrected chi connectivity index (χ1v) is 7.59. The van der Waals surface area contributed by atoms with E-state index in [4.69, 9.17) is 4.74 Å². The van der Waals surface area contributed by atoms with Gasteiger partial charge in [-0.15, -0.1) is 0 Å². The lowest BCUT2D eigenvalue weighted by Crippen LogP contribution is -2.14. The summed E-state index contributed by atoms with van der Waals surface area (Å²) in [6.45, 7) is 1.55. The molecule has 0 aliphatic heterocycles. The van der Waals surface area contributed by atoms with Crippen LogP contribution in [-0.2, 0) is 6.18 Å². The minimum Gasteiger partial charge on any atom is -0.497 e. The number of halogens is 3. The molecule has 0 fully saturated rings. The lowest BCUT2D eigenvalue weighted by Gasteiger charge is -2.10. The van der Waals surface area contributed by atoms with E-state index in [-0.39, 0.29) is 11.5 Å². The molecule has 0 radical (unpaired) electrons. The van der Waals surface area contributed by atoms with Gasteiger partial charge in [0.05, 0.1) is 7.11 Å². The van der Waals surface area contributed by atoms with Crippen molar-refractivity contribution in [2.75, 3.05) is 12.4 Å². The van der Waals surface area contributed by atoms with Gasteiger partial charge in [0.15, 0.2) is 5.65 Å². The third kappa shape index (κ3) is 3.58. The van der Waals surface area contributed by atoms with Crippen molar-refractivity contribution in [1.29, 1.82) is 0 Å². The number of hydrogen-bond acceptors (Lipinski definition) is 4. The summed E-state index contributed by atoms with van der Waals surface area (Å²) in [7, 11) is 1.48. The van der Waals surface area contributed by atoms with Crippen LogP contribution in [0.3, 0.4) is 0 Å². The second kappa shape index (κ2) is 6.62. The molecule has 0 aliphatic rings. The number of fused-ring (bicyclic) bond motifs is 1. The van der Waals surface area contributed by atoms with Crippen LogP contribution in [0.4, 0.5) is 19.0 Å². The molecule has 1 amide bonds. The second-order valence-electron chi connectivity index (χ2n) is 5.58. The van der Waals surface area contributed by atoms with Gasteiger partial charge >= 0.3 is 6.18 Å². The SMILES string of the molecule is COc1cccc(C(=O)Nc2ccc3c(C)cc(C(F)(F)F)nc3n2)c1. The molecule has 0 spiro atoms. The molecule has 8 heteroatoms. The molecule has 0 bridgehead atoms. The lowest BCUT2D eigenvalue weighted by atomic mass is 10.1. The van der Waals surface area contributed by atoms with Crippen molar-refractivity contribution < 1.29 is 22.7 Å². The monoisotopic (exact) mass is 361 g/mol. The predicted molar refractivity (Wildman–Crippen MR) is 90.2 cm³/mol. The smallest absolute Gasteiger partial charge is 0.433 e. The van der Waals surface area contributed by atoms with Gasteiger partial charge in [0.2, 0.25) is 0 Å². The highest BCUT2D eigenvalue weighted by molar-refractivity contribution is 6.04. The topological polar surface area (TPSA) is 64.1 Å². The summed E-state index contributed by atoms with van der Waals surface area (Å²) in [6.07, 6.45) is -4.57.